The van der Waals surface area contributed by atoms with Gasteiger partial charge in [0, 0.05) is 25.2 Å². The van der Waals surface area contributed by atoms with Crippen LogP contribution in [-0.4, -0.2) is 49.1 Å². The summed E-state index contributed by atoms with van der Waals surface area (Å²) in [4.78, 5) is 7.40. The number of likely N-dealkylation sites (tertiary alicyclic amines) is 1. The van der Waals surface area contributed by atoms with Gasteiger partial charge in [0.1, 0.15) is 0 Å². The Morgan fingerprint density at radius 2 is 2.09 bits per heavy atom. The van der Waals surface area contributed by atoms with Crippen LogP contribution >= 0.6 is 24.0 Å². The molecule has 0 aromatic rings. The maximum atomic E-state index is 4.80. The number of aliphatic imine (C=N–C) groups is 1. The van der Waals surface area contributed by atoms with Crippen molar-refractivity contribution in [1.82, 2.24) is 15.5 Å². The number of hydrogen-bond donors (Lipinski definition) is 2. The number of nitrogens with one attached hydrogen (secondary N) is 2. The highest BCUT2D eigenvalue weighted by Crippen LogP contribution is 2.17. The zero-order chi connectivity index (χ0) is 15.1. The fraction of sp³-hybridized carbons (Fsp3) is 0.824. The Morgan fingerprint density at radius 1 is 1.36 bits per heavy atom. The van der Waals surface area contributed by atoms with E-state index in [1.807, 2.05) is 0 Å². The van der Waals surface area contributed by atoms with Crippen LogP contribution in [0.4, 0.5) is 0 Å². The van der Waals surface area contributed by atoms with Crippen molar-refractivity contribution in [2.75, 3.05) is 26.2 Å². The minimum Gasteiger partial charge on any atom is -0.357 e. The number of nitrogens with zero attached hydrogens (tertiary/aromatic N) is 2. The molecule has 0 saturated carbocycles. The van der Waals surface area contributed by atoms with Gasteiger partial charge >= 0.3 is 0 Å². The maximum absolute atomic E-state index is 4.80. The lowest BCUT2D eigenvalue weighted by molar-refractivity contribution is 0.142. The van der Waals surface area contributed by atoms with Crippen molar-refractivity contribution in [3.8, 4) is 0 Å². The fourth-order valence-corrected chi connectivity index (χ4v) is 3.21. The van der Waals surface area contributed by atoms with E-state index in [2.05, 4.69) is 48.5 Å². The summed E-state index contributed by atoms with van der Waals surface area (Å²) >= 11 is 0. The molecule has 0 spiro atoms. The molecule has 1 fully saturated rings. The van der Waals surface area contributed by atoms with Gasteiger partial charge < -0.3 is 10.6 Å². The second-order valence-corrected chi connectivity index (χ2v) is 6.60. The minimum absolute atomic E-state index is 0. The zero-order valence-corrected chi connectivity index (χ0v) is 16.7. The third-order valence-corrected chi connectivity index (χ3v) is 4.52. The van der Waals surface area contributed by atoms with Gasteiger partial charge in [-0.15, -0.1) is 24.0 Å². The molecule has 0 bridgehead atoms. The van der Waals surface area contributed by atoms with E-state index in [0.29, 0.717) is 12.1 Å². The predicted octanol–water partition coefficient (Wildman–Crippen LogP) is 3.00. The van der Waals surface area contributed by atoms with E-state index in [0.717, 1.165) is 37.8 Å². The van der Waals surface area contributed by atoms with Crippen LogP contribution in [0.2, 0.25) is 0 Å². The summed E-state index contributed by atoms with van der Waals surface area (Å²) in [6.07, 6.45) is 9.44. The molecule has 22 heavy (non-hydrogen) atoms. The molecule has 1 aliphatic heterocycles. The molecule has 1 saturated heterocycles. The van der Waals surface area contributed by atoms with Crippen molar-refractivity contribution in [3.63, 3.8) is 0 Å². The third-order valence-electron chi connectivity index (χ3n) is 4.52. The Hall–Kier alpha value is -0.300. The molecule has 4 nitrogen and oxygen atoms in total. The first kappa shape index (κ1) is 19.7. The standard InChI is InChI=1S/C17H32N4.HI/c1-4-18-17(20-16-9-5-6-10-16)19-12-15(3)21-11-7-8-14(2)13-21;/h5-6,14-16H,4,7-13H2,1-3H3,(H2,18,19,20);1H. The lowest BCUT2D eigenvalue weighted by atomic mass is 9.99. The summed E-state index contributed by atoms with van der Waals surface area (Å²) in [7, 11) is 0. The SMILES string of the molecule is CCNC(=NCC(C)N1CCCC(C)C1)NC1CC=CC1.I. The number of halogens is 1. The molecular formula is C17H33IN4. The van der Waals surface area contributed by atoms with E-state index in [9.17, 15) is 0 Å². The summed E-state index contributed by atoms with van der Waals surface area (Å²) in [5.74, 6) is 1.81. The second kappa shape index (κ2) is 10.5. The Balaban J connectivity index is 0.00000242. The molecule has 2 N–H and O–H groups in total. The highest BCUT2D eigenvalue weighted by molar-refractivity contribution is 14.0. The van der Waals surface area contributed by atoms with Gasteiger partial charge in [0.2, 0.25) is 0 Å². The summed E-state index contributed by atoms with van der Waals surface area (Å²) < 4.78 is 0. The van der Waals surface area contributed by atoms with Crippen LogP contribution < -0.4 is 10.6 Å². The zero-order valence-electron chi connectivity index (χ0n) is 14.3. The van der Waals surface area contributed by atoms with Crippen LogP contribution in [0.5, 0.6) is 0 Å². The van der Waals surface area contributed by atoms with E-state index in [-0.39, 0.29) is 24.0 Å². The molecule has 2 aliphatic rings. The van der Waals surface area contributed by atoms with E-state index in [4.69, 9.17) is 4.99 Å². The smallest absolute Gasteiger partial charge is 0.191 e. The van der Waals surface area contributed by atoms with Crippen molar-refractivity contribution in [2.45, 2.75) is 58.5 Å². The number of piperidine rings is 1. The van der Waals surface area contributed by atoms with Crippen LogP contribution in [0.25, 0.3) is 0 Å². The van der Waals surface area contributed by atoms with Gasteiger partial charge in [0.15, 0.2) is 5.96 Å². The molecule has 2 rings (SSSR count). The fourth-order valence-electron chi connectivity index (χ4n) is 3.21. The Morgan fingerprint density at radius 3 is 2.73 bits per heavy atom. The van der Waals surface area contributed by atoms with Crippen molar-refractivity contribution < 1.29 is 0 Å². The molecule has 0 amide bonds. The third kappa shape index (κ3) is 6.44. The lowest BCUT2D eigenvalue weighted by Gasteiger charge is -2.35. The van der Waals surface area contributed by atoms with Crippen molar-refractivity contribution >= 4 is 29.9 Å². The first-order valence-electron chi connectivity index (χ1n) is 8.63. The van der Waals surface area contributed by atoms with E-state index in [1.54, 1.807) is 0 Å². The monoisotopic (exact) mass is 420 g/mol. The van der Waals surface area contributed by atoms with Gasteiger partial charge in [0.25, 0.3) is 0 Å². The molecule has 1 aliphatic carbocycles. The van der Waals surface area contributed by atoms with Crippen LogP contribution in [0.3, 0.4) is 0 Å². The van der Waals surface area contributed by atoms with Gasteiger partial charge in [-0.2, -0.15) is 0 Å². The van der Waals surface area contributed by atoms with E-state index >= 15 is 0 Å². The first-order chi connectivity index (χ1) is 10.2. The highest BCUT2D eigenvalue weighted by Gasteiger charge is 2.20. The molecule has 0 aromatic heterocycles. The normalized spacial score (nSPS) is 24.9. The maximum Gasteiger partial charge on any atom is 0.191 e. The summed E-state index contributed by atoms with van der Waals surface area (Å²) in [6.45, 7) is 11.1. The molecule has 5 heteroatoms. The summed E-state index contributed by atoms with van der Waals surface area (Å²) in [5, 5.41) is 6.91. The van der Waals surface area contributed by atoms with Crippen molar-refractivity contribution in [2.24, 2.45) is 10.9 Å². The molecule has 128 valence electrons. The van der Waals surface area contributed by atoms with Crippen LogP contribution in [0, 0.1) is 5.92 Å². The van der Waals surface area contributed by atoms with Gasteiger partial charge in [-0.05, 0) is 52.0 Å². The van der Waals surface area contributed by atoms with Crippen molar-refractivity contribution in [3.05, 3.63) is 12.2 Å². The largest absolute Gasteiger partial charge is 0.357 e. The molecule has 1 heterocycles. The van der Waals surface area contributed by atoms with Gasteiger partial charge in [-0.3, -0.25) is 9.89 Å². The summed E-state index contributed by atoms with van der Waals surface area (Å²) in [5.41, 5.74) is 0. The quantitative estimate of drug-likeness (QED) is 0.311. The Labute approximate surface area is 153 Å². The molecule has 0 aromatic carbocycles. The molecule has 0 radical (unpaired) electrons. The van der Waals surface area contributed by atoms with Gasteiger partial charge in [0.05, 0.1) is 6.54 Å². The average molecular weight is 420 g/mol. The topological polar surface area (TPSA) is 39.7 Å². The molecule has 2 unspecified atom stereocenters. The summed E-state index contributed by atoms with van der Waals surface area (Å²) in [6, 6.07) is 1.05. The number of hydrogen-bond acceptors (Lipinski definition) is 2. The lowest BCUT2D eigenvalue weighted by Crippen LogP contribution is -2.45. The van der Waals surface area contributed by atoms with Crippen LogP contribution in [0.1, 0.15) is 46.5 Å². The highest BCUT2D eigenvalue weighted by atomic mass is 127. The van der Waals surface area contributed by atoms with Gasteiger partial charge in [-0.1, -0.05) is 19.1 Å². The number of rotatable bonds is 5. The first-order valence-corrected chi connectivity index (χ1v) is 8.63. The minimum atomic E-state index is 0. The number of guanidine groups is 1. The predicted molar refractivity (Wildman–Crippen MR) is 106 cm³/mol. The second-order valence-electron chi connectivity index (χ2n) is 6.60. The van der Waals surface area contributed by atoms with Crippen LogP contribution in [-0.2, 0) is 0 Å². The van der Waals surface area contributed by atoms with E-state index in [1.165, 1.54) is 25.9 Å². The average Bonchev–Trinajstić information content (AvgIpc) is 2.97. The van der Waals surface area contributed by atoms with E-state index < -0.39 is 0 Å². The van der Waals surface area contributed by atoms with Crippen molar-refractivity contribution in [1.29, 1.82) is 0 Å². The molecule has 2 atom stereocenters. The van der Waals surface area contributed by atoms with Crippen LogP contribution in [0.15, 0.2) is 17.1 Å². The van der Waals surface area contributed by atoms with Gasteiger partial charge in [-0.25, -0.2) is 0 Å². The molecular weight excluding hydrogens is 387 g/mol. The Kier molecular flexibility index (Phi) is 9.40. The Bertz CT molecular complexity index is 362.